The summed E-state index contributed by atoms with van der Waals surface area (Å²) in [5, 5.41) is 0. The molecule has 0 aliphatic heterocycles. The molecule has 2 rings (SSSR count). The second-order valence-corrected chi connectivity index (χ2v) is 4.70. The van der Waals surface area contributed by atoms with Crippen molar-refractivity contribution in [3.8, 4) is 0 Å². The number of hydrogen-bond acceptors (Lipinski definition) is 3. The summed E-state index contributed by atoms with van der Waals surface area (Å²) in [5.41, 5.74) is 10.6. The van der Waals surface area contributed by atoms with Gasteiger partial charge in [-0.3, -0.25) is 4.98 Å². The third-order valence-electron chi connectivity index (χ3n) is 3.06. The molecule has 18 heavy (non-hydrogen) atoms. The van der Waals surface area contributed by atoms with Crippen LogP contribution in [0.3, 0.4) is 0 Å². The van der Waals surface area contributed by atoms with Gasteiger partial charge in [0.05, 0.1) is 6.04 Å². The Morgan fingerprint density at radius 1 is 1.00 bits per heavy atom. The highest BCUT2D eigenvalue weighted by atomic mass is 15.1. The topological polar surface area (TPSA) is 42.1 Å². The number of nitrogens with zero attached hydrogens (tertiary/aromatic N) is 2. The maximum atomic E-state index is 6.24. The zero-order chi connectivity index (χ0) is 13.1. The minimum atomic E-state index is -0.116. The van der Waals surface area contributed by atoms with Gasteiger partial charge < -0.3 is 10.6 Å². The summed E-state index contributed by atoms with van der Waals surface area (Å²) < 4.78 is 0. The van der Waals surface area contributed by atoms with Gasteiger partial charge in [0.2, 0.25) is 0 Å². The molecule has 1 aromatic heterocycles. The van der Waals surface area contributed by atoms with Crippen molar-refractivity contribution in [2.45, 2.75) is 13.0 Å². The fourth-order valence-electron chi connectivity index (χ4n) is 1.84. The number of benzene rings is 1. The highest BCUT2D eigenvalue weighted by molar-refractivity contribution is 5.47. The number of rotatable bonds is 3. The first kappa shape index (κ1) is 12.6. The first-order valence-corrected chi connectivity index (χ1v) is 6.03. The standard InChI is InChI=1S/C15H19N3/c1-11-4-5-13(10-17-11)15(16)12-6-8-14(9-7-12)18(2)3/h4-10,15H,16H2,1-3H3. The molecule has 3 nitrogen and oxygen atoms in total. The van der Waals surface area contributed by atoms with Gasteiger partial charge >= 0.3 is 0 Å². The van der Waals surface area contributed by atoms with Crippen molar-refractivity contribution in [1.29, 1.82) is 0 Å². The Balaban J connectivity index is 2.23. The lowest BCUT2D eigenvalue weighted by molar-refractivity contribution is 0.860. The molecule has 1 heterocycles. The minimum absolute atomic E-state index is 0.116. The Kier molecular flexibility index (Phi) is 3.63. The predicted molar refractivity (Wildman–Crippen MR) is 75.8 cm³/mol. The Hall–Kier alpha value is -1.87. The van der Waals surface area contributed by atoms with Crippen molar-refractivity contribution < 1.29 is 0 Å². The zero-order valence-electron chi connectivity index (χ0n) is 11.1. The fourth-order valence-corrected chi connectivity index (χ4v) is 1.84. The van der Waals surface area contributed by atoms with E-state index < -0.39 is 0 Å². The molecule has 2 N–H and O–H groups in total. The molecule has 1 unspecified atom stereocenters. The zero-order valence-corrected chi connectivity index (χ0v) is 11.1. The monoisotopic (exact) mass is 241 g/mol. The van der Waals surface area contributed by atoms with Gasteiger partial charge in [0, 0.05) is 31.7 Å². The van der Waals surface area contributed by atoms with E-state index >= 15 is 0 Å². The Bertz CT molecular complexity index is 500. The number of pyridine rings is 1. The lowest BCUT2D eigenvalue weighted by Crippen LogP contribution is -2.13. The Labute approximate surface area is 108 Å². The molecule has 1 aromatic carbocycles. The van der Waals surface area contributed by atoms with Crippen molar-refractivity contribution in [1.82, 2.24) is 4.98 Å². The quantitative estimate of drug-likeness (QED) is 0.897. The third kappa shape index (κ3) is 2.68. The summed E-state index contributed by atoms with van der Waals surface area (Å²) in [6.07, 6.45) is 1.85. The van der Waals surface area contributed by atoms with Crippen LogP contribution in [0.2, 0.25) is 0 Å². The summed E-state index contributed by atoms with van der Waals surface area (Å²) >= 11 is 0. The van der Waals surface area contributed by atoms with Crippen LogP contribution < -0.4 is 10.6 Å². The van der Waals surface area contributed by atoms with Crippen molar-refractivity contribution >= 4 is 5.69 Å². The number of anilines is 1. The first-order chi connectivity index (χ1) is 8.58. The van der Waals surface area contributed by atoms with Gasteiger partial charge in [-0.2, -0.15) is 0 Å². The average Bonchev–Trinajstić information content (AvgIpc) is 2.39. The van der Waals surface area contributed by atoms with Gasteiger partial charge in [-0.1, -0.05) is 18.2 Å². The Morgan fingerprint density at radius 2 is 1.61 bits per heavy atom. The summed E-state index contributed by atoms with van der Waals surface area (Å²) in [5.74, 6) is 0. The van der Waals surface area contributed by atoms with Crippen LogP contribution in [0.4, 0.5) is 5.69 Å². The van der Waals surface area contributed by atoms with Crippen LogP contribution in [0, 0.1) is 6.92 Å². The van der Waals surface area contributed by atoms with Crippen molar-refractivity contribution in [2.24, 2.45) is 5.73 Å². The number of aryl methyl sites for hydroxylation is 1. The van der Waals surface area contributed by atoms with E-state index in [2.05, 4.69) is 34.1 Å². The van der Waals surface area contributed by atoms with E-state index in [0.29, 0.717) is 0 Å². The van der Waals surface area contributed by atoms with Crippen LogP contribution in [-0.2, 0) is 0 Å². The Morgan fingerprint density at radius 3 is 2.11 bits per heavy atom. The van der Waals surface area contributed by atoms with E-state index in [0.717, 1.165) is 16.8 Å². The average molecular weight is 241 g/mol. The fraction of sp³-hybridized carbons (Fsp3) is 0.267. The van der Waals surface area contributed by atoms with E-state index in [1.807, 2.05) is 39.3 Å². The van der Waals surface area contributed by atoms with E-state index in [-0.39, 0.29) is 6.04 Å². The van der Waals surface area contributed by atoms with Gasteiger partial charge in [-0.25, -0.2) is 0 Å². The highest BCUT2D eigenvalue weighted by Gasteiger charge is 2.09. The summed E-state index contributed by atoms with van der Waals surface area (Å²) in [6, 6.07) is 12.2. The molecule has 0 spiro atoms. The van der Waals surface area contributed by atoms with Gasteiger partial charge in [0.25, 0.3) is 0 Å². The molecule has 0 saturated carbocycles. The van der Waals surface area contributed by atoms with Gasteiger partial charge in [0.1, 0.15) is 0 Å². The van der Waals surface area contributed by atoms with E-state index in [1.165, 1.54) is 5.69 Å². The third-order valence-corrected chi connectivity index (χ3v) is 3.06. The predicted octanol–water partition coefficient (Wildman–Crippen LogP) is 2.50. The first-order valence-electron chi connectivity index (χ1n) is 6.03. The van der Waals surface area contributed by atoms with Gasteiger partial charge in [-0.15, -0.1) is 0 Å². The van der Waals surface area contributed by atoms with Crippen LogP contribution in [0.5, 0.6) is 0 Å². The van der Waals surface area contributed by atoms with E-state index in [9.17, 15) is 0 Å². The molecule has 0 aliphatic rings. The molecule has 94 valence electrons. The molecule has 0 bridgehead atoms. The molecule has 0 fully saturated rings. The van der Waals surface area contributed by atoms with Crippen LogP contribution >= 0.6 is 0 Å². The van der Waals surface area contributed by atoms with Gasteiger partial charge in [-0.05, 0) is 36.2 Å². The van der Waals surface area contributed by atoms with Gasteiger partial charge in [0.15, 0.2) is 0 Å². The maximum Gasteiger partial charge on any atom is 0.0566 e. The number of hydrogen-bond donors (Lipinski definition) is 1. The molecular weight excluding hydrogens is 222 g/mol. The van der Waals surface area contributed by atoms with Crippen LogP contribution in [-0.4, -0.2) is 19.1 Å². The summed E-state index contributed by atoms with van der Waals surface area (Å²) in [6.45, 7) is 1.97. The van der Waals surface area contributed by atoms with Crippen molar-refractivity contribution in [2.75, 3.05) is 19.0 Å². The molecule has 0 radical (unpaired) electrons. The molecule has 0 saturated heterocycles. The highest BCUT2D eigenvalue weighted by Crippen LogP contribution is 2.21. The largest absolute Gasteiger partial charge is 0.378 e. The van der Waals surface area contributed by atoms with Crippen LogP contribution in [0.1, 0.15) is 22.9 Å². The number of aromatic nitrogens is 1. The lowest BCUT2D eigenvalue weighted by Gasteiger charge is -2.16. The van der Waals surface area contributed by atoms with Crippen molar-refractivity contribution in [3.05, 3.63) is 59.4 Å². The maximum absolute atomic E-state index is 6.24. The second-order valence-electron chi connectivity index (χ2n) is 4.70. The summed E-state index contributed by atoms with van der Waals surface area (Å²) in [7, 11) is 4.05. The molecular formula is C15H19N3. The molecule has 2 aromatic rings. The molecule has 3 heteroatoms. The summed E-state index contributed by atoms with van der Waals surface area (Å²) in [4.78, 5) is 6.36. The second kappa shape index (κ2) is 5.19. The minimum Gasteiger partial charge on any atom is -0.378 e. The normalized spacial score (nSPS) is 12.2. The van der Waals surface area contributed by atoms with E-state index in [1.54, 1.807) is 0 Å². The smallest absolute Gasteiger partial charge is 0.0566 e. The number of nitrogens with two attached hydrogens (primary N) is 1. The van der Waals surface area contributed by atoms with E-state index in [4.69, 9.17) is 5.73 Å². The molecule has 0 amide bonds. The SMILES string of the molecule is Cc1ccc(C(N)c2ccc(N(C)C)cc2)cn1. The molecule has 1 atom stereocenters. The van der Waals surface area contributed by atoms with Crippen LogP contribution in [0.25, 0.3) is 0 Å². The lowest BCUT2D eigenvalue weighted by atomic mass is 10.0. The van der Waals surface area contributed by atoms with Crippen molar-refractivity contribution in [3.63, 3.8) is 0 Å². The van der Waals surface area contributed by atoms with Crippen LogP contribution in [0.15, 0.2) is 42.6 Å². The molecule has 0 aliphatic carbocycles.